The molecule has 1 N–H and O–H groups in total. The number of carboxylic acids is 1. The van der Waals surface area contributed by atoms with E-state index in [-0.39, 0.29) is 6.61 Å². The number of carboxylic acid groups (broad SMARTS) is 1. The van der Waals surface area contributed by atoms with Crippen molar-refractivity contribution in [3.63, 3.8) is 0 Å². The van der Waals surface area contributed by atoms with Gasteiger partial charge in [-0.25, -0.2) is 4.79 Å². The van der Waals surface area contributed by atoms with Gasteiger partial charge in [0, 0.05) is 0 Å². The van der Waals surface area contributed by atoms with E-state index in [1.165, 1.54) is 44.1 Å². The van der Waals surface area contributed by atoms with E-state index in [1.807, 2.05) is 12.1 Å². The average Bonchev–Trinajstić information content (AvgIpc) is 2.44. The van der Waals surface area contributed by atoms with E-state index in [1.54, 1.807) is 0 Å². The number of benzene rings is 1. The fourth-order valence-electron chi connectivity index (χ4n) is 5.53. The van der Waals surface area contributed by atoms with Crippen molar-refractivity contribution in [2.24, 2.45) is 17.8 Å². The van der Waals surface area contributed by atoms with Crippen LogP contribution in [0.5, 0.6) is 5.75 Å². The molecule has 3 heteroatoms. The second-order valence-electron chi connectivity index (χ2n) is 7.41. The average molecular weight is 286 g/mol. The maximum absolute atomic E-state index is 10.7. The van der Waals surface area contributed by atoms with Crippen molar-refractivity contribution in [1.82, 2.24) is 0 Å². The van der Waals surface area contributed by atoms with Gasteiger partial charge in [-0.15, -0.1) is 0 Å². The van der Waals surface area contributed by atoms with Crippen LogP contribution in [0.15, 0.2) is 24.3 Å². The van der Waals surface area contributed by atoms with Crippen LogP contribution in [0.25, 0.3) is 0 Å². The van der Waals surface area contributed by atoms with Gasteiger partial charge in [0.05, 0.1) is 0 Å². The minimum absolute atomic E-state index is 0.260. The summed E-state index contributed by atoms with van der Waals surface area (Å²) < 4.78 is 5.37. The molecule has 21 heavy (non-hydrogen) atoms. The molecule has 0 aromatic heterocycles. The number of rotatable bonds is 4. The van der Waals surface area contributed by atoms with Gasteiger partial charge in [-0.05, 0) is 79.4 Å². The molecule has 4 saturated carbocycles. The highest BCUT2D eigenvalue weighted by molar-refractivity contribution is 5.68. The fraction of sp³-hybridized carbons (Fsp3) is 0.611. The first-order chi connectivity index (χ1) is 10.1. The standard InChI is InChI=1S/C18H22O3/c19-17(20)11-21-16-3-1-2-15(7-16)18-8-12-4-13(9-18)6-14(5-12)10-18/h1-3,7,12-14H,4-6,8-11H2,(H,19,20). The van der Waals surface area contributed by atoms with E-state index in [0.29, 0.717) is 11.2 Å². The molecule has 4 aliphatic rings. The lowest BCUT2D eigenvalue weighted by atomic mass is 9.48. The highest BCUT2D eigenvalue weighted by Gasteiger charge is 2.51. The first kappa shape index (κ1) is 13.2. The van der Waals surface area contributed by atoms with Gasteiger partial charge >= 0.3 is 5.97 Å². The Hall–Kier alpha value is -1.51. The topological polar surface area (TPSA) is 46.5 Å². The zero-order valence-corrected chi connectivity index (χ0v) is 12.3. The molecule has 4 aliphatic carbocycles. The summed E-state index contributed by atoms with van der Waals surface area (Å²) in [5.74, 6) is 2.53. The molecule has 0 saturated heterocycles. The first-order valence-corrected chi connectivity index (χ1v) is 8.08. The Labute approximate surface area is 125 Å². The second kappa shape index (κ2) is 4.75. The van der Waals surface area contributed by atoms with Crippen molar-refractivity contribution in [2.75, 3.05) is 6.61 Å². The molecule has 1 aromatic rings. The normalized spacial score (nSPS) is 36.7. The molecule has 0 unspecified atom stereocenters. The molecular weight excluding hydrogens is 264 g/mol. The molecule has 0 spiro atoms. The van der Waals surface area contributed by atoms with E-state index in [9.17, 15) is 4.79 Å². The van der Waals surface area contributed by atoms with Crippen LogP contribution in [-0.2, 0) is 10.2 Å². The lowest BCUT2D eigenvalue weighted by molar-refractivity contribution is -0.139. The lowest BCUT2D eigenvalue weighted by Crippen LogP contribution is -2.48. The van der Waals surface area contributed by atoms with E-state index in [4.69, 9.17) is 9.84 Å². The van der Waals surface area contributed by atoms with Crippen molar-refractivity contribution in [1.29, 1.82) is 0 Å². The summed E-state index contributed by atoms with van der Waals surface area (Å²) in [4.78, 5) is 10.7. The summed E-state index contributed by atoms with van der Waals surface area (Å²) in [6.07, 6.45) is 8.28. The quantitative estimate of drug-likeness (QED) is 0.919. The van der Waals surface area contributed by atoms with Gasteiger partial charge in [-0.3, -0.25) is 0 Å². The van der Waals surface area contributed by atoms with Crippen LogP contribution in [0.2, 0.25) is 0 Å². The lowest BCUT2D eigenvalue weighted by Gasteiger charge is -2.57. The van der Waals surface area contributed by atoms with Gasteiger partial charge < -0.3 is 9.84 Å². The number of aliphatic carboxylic acids is 1. The zero-order chi connectivity index (χ0) is 14.4. The second-order valence-corrected chi connectivity index (χ2v) is 7.41. The summed E-state index contributed by atoms with van der Waals surface area (Å²) in [6.45, 7) is -0.260. The molecule has 3 nitrogen and oxygen atoms in total. The smallest absolute Gasteiger partial charge is 0.341 e. The van der Waals surface area contributed by atoms with Crippen LogP contribution < -0.4 is 4.74 Å². The van der Waals surface area contributed by atoms with Gasteiger partial charge in [0.1, 0.15) is 5.75 Å². The molecule has 4 fully saturated rings. The predicted octanol–water partition coefficient (Wildman–Crippen LogP) is 3.62. The van der Waals surface area contributed by atoms with Gasteiger partial charge in [0.25, 0.3) is 0 Å². The third-order valence-corrected chi connectivity index (χ3v) is 5.85. The van der Waals surface area contributed by atoms with Crippen molar-refractivity contribution in [3.05, 3.63) is 29.8 Å². The highest BCUT2D eigenvalue weighted by Crippen LogP contribution is 2.60. The minimum Gasteiger partial charge on any atom is -0.482 e. The van der Waals surface area contributed by atoms with Crippen molar-refractivity contribution in [3.8, 4) is 5.75 Å². The van der Waals surface area contributed by atoms with Gasteiger partial charge in [0.15, 0.2) is 6.61 Å². The minimum atomic E-state index is -0.921. The predicted molar refractivity (Wildman–Crippen MR) is 79.4 cm³/mol. The Morgan fingerprint density at radius 1 is 1.14 bits per heavy atom. The molecule has 0 heterocycles. The molecule has 4 bridgehead atoms. The molecule has 5 rings (SSSR count). The molecule has 0 amide bonds. The van der Waals surface area contributed by atoms with Crippen LogP contribution in [0.4, 0.5) is 0 Å². The summed E-state index contributed by atoms with van der Waals surface area (Å²) in [5, 5.41) is 8.75. The van der Waals surface area contributed by atoms with Crippen LogP contribution in [-0.4, -0.2) is 17.7 Å². The summed E-state index contributed by atoms with van der Waals surface area (Å²) in [5.41, 5.74) is 1.72. The van der Waals surface area contributed by atoms with Gasteiger partial charge in [-0.2, -0.15) is 0 Å². The van der Waals surface area contributed by atoms with Crippen molar-refractivity contribution < 1.29 is 14.6 Å². The van der Waals surface area contributed by atoms with Crippen LogP contribution in [0.3, 0.4) is 0 Å². The largest absolute Gasteiger partial charge is 0.482 e. The molecule has 1 aromatic carbocycles. The SMILES string of the molecule is O=C(O)COc1cccc(C23CC4CC(CC(C4)C2)C3)c1. The van der Waals surface area contributed by atoms with Crippen molar-refractivity contribution in [2.45, 2.75) is 43.9 Å². The monoisotopic (exact) mass is 286 g/mol. The molecule has 0 aliphatic heterocycles. The summed E-state index contributed by atoms with van der Waals surface area (Å²) in [7, 11) is 0. The van der Waals surface area contributed by atoms with E-state index >= 15 is 0 Å². The Balaban J connectivity index is 1.61. The fourth-order valence-corrected chi connectivity index (χ4v) is 5.53. The molecule has 0 radical (unpaired) electrons. The van der Waals surface area contributed by atoms with Crippen LogP contribution >= 0.6 is 0 Å². The number of hydrogen-bond donors (Lipinski definition) is 1. The maximum Gasteiger partial charge on any atom is 0.341 e. The summed E-state index contributed by atoms with van der Waals surface area (Å²) in [6, 6.07) is 8.20. The highest BCUT2D eigenvalue weighted by atomic mass is 16.5. The zero-order valence-electron chi connectivity index (χ0n) is 12.3. The Kier molecular flexibility index (Phi) is 2.98. The third-order valence-electron chi connectivity index (χ3n) is 5.85. The summed E-state index contributed by atoms with van der Waals surface area (Å²) >= 11 is 0. The number of hydrogen-bond acceptors (Lipinski definition) is 2. The van der Waals surface area contributed by atoms with Gasteiger partial charge in [0.2, 0.25) is 0 Å². The Bertz CT molecular complexity index is 528. The van der Waals surface area contributed by atoms with Crippen LogP contribution in [0, 0.1) is 17.8 Å². The third kappa shape index (κ3) is 2.33. The van der Waals surface area contributed by atoms with E-state index < -0.39 is 5.97 Å². The number of ether oxygens (including phenoxy) is 1. The van der Waals surface area contributed by atoms with Gasteiger partial charge in [-0.1, -0.05) is 12.1 Å². The van der Waals surface area contributed by atoms with Crippen LogP contribution in [0.1, 0.15) is 44.1 Å². The Morgan fingerprint density at radius 2 is 1.76 bits per heavy atom. The number of carbonyl (C=O) groups is 1. The Morgan fingerprint density at radius 3 is 2.33 bits per heavy atom. The maximum atomic E-state index is 10.7. The molecular formula is C18H22O3. The van der Waals surface area contributed by atoms with Crippen molar-refractivity contribution >= 4 is 5.97 Å². The molecule has 112 valence electrons. The molecule has 0 atom stereocenters. The van der Waals surface area contributed by atoms with E-state index in [2.05, 4.69) is 12.1 Å². The van der Waals surface area contributed by atoms with E-state index in [0.717, 1.165) is 17.8 Å². The first-order valence-electron chi connectivity index (χ1n) is 8.08.